The predicted octanol–water partition coefficient (Wildman–Crippen LogP) is 3.24. The summed E-state index contributed by atoms with van der Waals surface area (Å²) in [5.41, 5.74) is 0.593. The van der Waals surface area contributed by atoms with Gasteiger partial charge in [0, 0.05) is 6.92 Å². The molecule has 0 aliphatic heterocycles. The summed E-state index contributed by atoms with van der Waals surface area (Å²) in [6.07, 6.45) is 0. The second kappa shape index (κ2) is 7.28. The summed E-state index contributed by atoms with van der Waals surface area (Å²) >= 11 is 0. The Balaban J connectivity index is 1.86. The van der Waals surface area contributed by atoms with E-state index >= 15 is 0 Å². The van der Waals surface area contributed by atoms with Gasteiger partial charge in [0.05, 0.1) is 5.69 Å². The largest absolute Gasteiger partial charge is 0.488 e. The lowest BCUT2D eigenvalue weighted by molar-refractivity contribution is -0.114. The number of hydrogen-bond donors (Lipinski definition) is 1. The Hall–Kier alpha value is -2.56. The molecule has 0 saturated carbocycles. The minimum absolute atomic E-state index is 0.173. The molecular weight excluding hydrogens is 273 g/mol. The first-order chi connectivity index (χ1) is 10.2. The van der Waals surface area contributed by atoms with Crippen molar-refractivity contribution in [2.45, 2.75) is 6.92 Å². The van der Waals surface area contributed by atoms with Gasteiger partial charge >= 0.3 is 0 Å². The zero-order valence-corrected chi connectivity index (χ0v) is 11.6. The molecule has 2 aromatic carbocycles. The number of hydrogen-bond acceptors (Lipinski definition) is 3. The predicted molar refractivity (Wildman–Crippen MR) is 78.1 cm³/mol. The third kappa shape index (κ3) is 4.49. The van der Waals surface area contributed by atoms with E-state index in [0.29, 0.717) is 11.4 Å². The van der Waals surface area contributed by atoms with E-state index in [2.05, 4.69) is 5.32 Å². The van der Waals surface area contributed by atoms with E-state index in [1.165, 1.54) is 13.0 Å². The molecule has 0 heterocycles. The van der Waals surface area contributed by atoms with Crippen molar-refractivity contribution < 1.29 is 18.7 Å². The molecule has 5 heteroatoms. The maximum Gasteiger partial charge on any atom is 0.221 e. The second-order valence-electron chi connectivity index (χ2n) is 4.30. The molecule has 0 aliphatic carbocycles. The van der Waals surface area contributed by atoms with Crippen LogP contribution in [0.5, 0.6) is 11.5 Å². The van der Waals surface area contributed by atoms with Crippen LogP contribution in [0.2, 0.25) is 0 Å². The summed E-state index contributed by atoms with van der Waals surface area (Å²) in [6.45, 7) is 1.87. The van der Waals surface area contributed by atoms with Crippen LogP contribution in [0.3, 0.4) is 0 Å². The Morgan fingerprint density at radius 3 is 2.24 bits per heavy atom. The topological polar surface area (TPSA) is 47.6 Å². The zero-order valence-electron chi connectivity index (χ0n) is 11.6. The number of ether oxygens (including phenoxy) is 2. The van der Waals surface area contributed by atoms with E-state index in [1.807, 2.05) is 0 Å². The second-order valence-corrected chi connectivity index (χ2v) is 4.30. The monoisotopic (exact) mass is 289 g/mol. The van der Waals surface area contributed by atoms with Crippen LogP contribution in [-0.4, -0.2) is 19.1 Å². The maximum atomic E-state index is 13.3. The number of carbonyl (C=O) groups excluding carboxylic acids is 1. The lowest BCUT2D eigenvalue weighted by Gasteiger charge is -2.12. The Morgan fingerprint density at radius 1 is 1.00 bits per heavy atom. The molecule has 0 aliphatic rings. The highest BCUT2D eigenvalue weighted by Crippen LogP contribution is 2.23. The maximum absolute atomic E-state index is 13.3. The Kier molecular flexibility index (Phi) is 5.15. The number of anilines is 1. The van der Waals surface area contributed by atoms with Crippen molar-refractivity contribution in [1.82, 2.24) is 0 Å². The number of rotatable bonds is 6. The van der Waals surface area contributed by atoms with Gasteiger partial charge in [0.2, 0.25) is 5.91 Å². The first kappa shape index (κ1) is 14.8. The molecule has 1 N–H and O–H groups in total. The van der Waals surface area contributed by atoms with Crippen LogP contribution in [0.1, 0.15) is 6.92 Å². The Morgan fingerprint density at radius 2 is 1.57 bits per heavy atom. The third-order valence-electron chi connectivity index (χ3n) is 2.63. The van der Waals surface area contributed by atoms with E-state index in [1.54, 1.807) is 42.5 Å². The van der Waals surface area contributed by atoms with Crippen LogP contribution < -0.4 is 14.8 Å². The number of halogens is 1. The fourth-order valence-corrected chi connectivity index (χ4v) is 1.75. The van der Waals surface area contributed by atoms with Gasteiger partial charge in [-0.3, -0.25) is 4.79 Å². The molecule has 0 atom stereocenters. The smallest absolute Gasteiger partial charge is 0.221 e. The van der Waals surface area contributed by atoms with E-state index in [4.69, 9.17) is 9.47 Å². The molecule has 1 amide bonds. The number of amides is 1. The van der Waals surface area contributed by atoms with Gasteiger partial charge in [-0.05, 0) is 24.3 Å². The molecule has 2 aromatic rings. The SMILES string of the molecule is CC(=O)Nc1ccccc1OCCOc1ccccc1F. The molecule has 0 radical (unpaired) electrons. The van der Waals surface area contributed by atoms with Crippen LogP contribution in [0.4, 0.5) is 10.1 Å². The highest BCUT2D eigenvalue weighted by Gasteiger charge is 2.05. The van der Waals surface area contributed by atoms with Gasteiger partial charge in [0.15, 0.2) is 11.6 Å². The van der Waals surface area contributed by atoms with Crippen LogP contribution in [0.25, 0.3) is 0 Å². The molecule has 2 rings (SSSR count). The first-order valence-corrected chi connectivity index (χ1v) is 6.53. The van der Waals surface area contributed by atoms with Gasteiger partial charge in [-0.25, -0.2) is 4.39 Å². The summed E-state index contributed by atoms with van der Waals surface area (Å²) in [4.78, 5) is 11.1. The number of para-hydroxylation sites is 3. The number of benzene rings is 2. The summed E-state index contributed by atoms with van der Waals surface area (Å²) in [5, 5.41) is 2.68. The van der Waals surface area contributed by atoms with Gasteiger partial charge in [0.25, 0.3) is 0 Å². The lowest BCUT2D eigenvalue weighted by Crippen LogP contribution is -2.12. The molecule has 0 aromatic heterocycles. The van der Waals surface area contributed by atoms with Crippen molar-refractivity contribution in [3.8, 4) is 11.5 Å². The van der Waals surface area contributed by atoms with Crippen LogP contribution in [0.15, 0.2) is 48.5 Å². The standard InChI is InChI=1S/C16H16FNO3/c1-12(19)18-14-7-3-5-9-16(14)21-11-10-20-15-8-4-2-6-13(15)17/h2-9H,10-11H2,1H3,(H,18,19). The highest BCUT2D eigenvalue weighted by molar-refractivity contribution is 5.90. The molecule has 0 spiro atoms. The van der Waals surface area contributed by atoms with Crippen LogP contribution in [-0.2, 0) is 4.79 Å². The number of carbonyl (C=O) groups is 1. The molecule has 0 bridgehead atoms. The molecule has 21 heavy (non-hydrogen) atoms. The summed E-state index contributed by atoms with van der Waals surface area (Å²) in [7, 11) is 0. The molecule has 4 nitrogen and oxygen atoms in total. The summed E-state index contributed by atoms with van der Waals surface area (Å²) in [5.74, 6) is 0.158. The van der Waals surface area contributed by atoms with Crippen molar-refractivity contribution in [3.63, 3.8) is 0 Å². The van der Waals surface area contributed by atoms with Crippen molar-refractivity contribution in [3.05, 3.63) is 54.3 Å². The fraction of sp³-hybridized carbons (Fsp3) is 0.188. The van der Waals surface area contributed by atoms with Crippen molar-refractivity contribution in [2.24, 2.45) is 0 Å². The number of nitrogens with one attached hydrogen (secondary N) is 1. The molecule has 0 unspecified atom stereocenters. The molecular formula is C16H16FNO3. The lowest BCUT2D eigenvalue weighted by atomic mass is 10.3. The van der Waals surface area contributed by atoms with Crippen molar-refractivity contribution in [2.75, 3.05) is 18.5 Å². The first-order valence-electron chi connectivity index (χ1n) is 6.53. The molecule has 0 saturated heterocycles. The fourth-order valence-electron chi connectivity index (χ4n) is 1.75. The van der Waals surface area contributed by atoms with Gasteiger partial charge in [0.1, 0.15) is 19.0 Å². The van der Waals surface area contributed by atoms with Gasteiger partial charge in [-0.2, -0.15) is 0 Å². The normalized spacial score (nSPS) is 10.0. The minimum atomic E-state index is -0.406. The average Bonchev–Trinajstić information content (AvgIpc) is 2.46. The van der Waals surface area contributed by atoms with Crippen LogP contribution in [0, 0.1) is 5.82 Å². The summed E-state index contributed by atoms with van der Waals surface area (Å²) < 4.78 is 24.2. The van der Waals surface area contributed by atoms with Crippen molar-refractivity contribution >= 4 is 11.6 Å². The minimum Gasteiger partial charge on any atom is -0.488 e. The van der Waals surface area contributed by atoms with E-state index < -0.39 is 5.82 Å². The van der Waals surface area contributed by atoms with Gasteiger partial charge in [-0.15, -0.1) is 0 Å². The van der Waals surface area contributed by atoms with E-state index in [9.17, 15) is 9.18 Å². The van der Waals surface area contributed by atoms with E-state index in [-0.39, 0.29) is 24.9 Å². The average molecular weight is 289 g/mol. The highest BCUT2D eigenvalue weighted by atomic mass is 19.1. The molecule has 0 fully saturated rings. The molecule has 110 valence electrons. The third-order valence-corrected chi connectivity index (χ3v) is 2.63. The van der Waals surface area contributed by atoms with Gasteiger partial charge in [-0.1, -0.05) is 24.3 Å². The Labute approximate surface area is 122 Å². The zero-order chi connectivity index (χ0) is 15.1. The van der Waals surface area contributed by atoms with Gasteiger partial charge < -0.3 is 14.8 Å². The summed E-state index contributed by atoms with van der Waals surface area (Å²) in [6, 6.07) is 13.3. The van der Waals surface area contributed by atoms with Crippen molar-refractivity contribution in [1.29, 1.82) is 0 Å². The van der Waals surface area contributed by atoms with E-state index in [0.717, 1.165) is 0 Å². The quantitative estimate of drug-likeness (QED) is 0.830. The Bertz CT molecular complexity index is 616. The van der Waals surface area contributed by atoms with Crippen LogP contribution >= 0.6 is 0 Å².